The lowest BCUT2D eigenvalue weighted by Crippen LogP contribution is -2.63. The van der Waals surface area contributed by atoms with Gasteiger partial charge >= 0.3 is 0 Å². The second-order valence-electron chi connectivity index (χ2n) is 10.9. The highest BCUT2D eigenvalue weighted by Gasteiger charge is 2.62. The Bertz CT molecular complexity index is 995. The second-order valence-corrected chi connectivity index (χ2v) is 11.6. The second kappa shape index (κ2) is 14.1. The van der Waals surface area contributed by atoms with Gasteiger partial charge in [-0.05, 0) is 89.1 Å². The molecule has 4 aliphatic rings. The molecule has 6 rings (SSSR count). The van der Waals surface area contributed by atoms with Crippen molar-refractivity contribution in [1.82, 2.24) is 4.90 Å². The first kappa shape index (κ1) is 30.8. The van der Waals surface area contributed by atoms with Gasteiger partial charge in [0.1, 0.15) is 6.10 Å². The summed E-state index contributed by atoms with van der Waals surface area (Å²) in [6, 6.07) is 15.2. The predicted octanol–water partition coefficient (Wildman–Crippen LogP) is 7.51. The van der Waals surface area contributed by atoms with Crippen LogP contribution in [0.5, 0.6) is 11.5 Å². The van der Waals surface area contributed by atoms with Crippen LogP contribution in [0.1, 0.15) is 76.5 Å². The molecule has 0 aromatic heterocycles. The molecule has 2 aliphatic heterocycles. The first-order valence-electron chi connectivity index (χ1n) is 14.7. The third-order valence-corrected chi connectivity index (χ3v) is 9.30. The van der Waals surface area contributed by atoms with Crippen molar-refractivity contribution in [3.8, 4) is 11.5 Å². The van der Waals surface area contributed by atoms with Crippen molar-refractivity contribution in [2.24, 2.45) is 5.92 Å². The molecular weight excluding hydrogens is 490 g/mol. The van der Waals surface area contributed by atoms with Crippen molar-refractivity contribution in [1.29, 1.82) is 0 Å². The highest BCUT2D eigenvalue weighted by Crippen LogP contribution is 2.61. The molecule has 2 aliphatic carbocycles. The lowest BCUT2D eigenvalue weighted by molar-refractivity contribution is -0.105. The average molecular weight is 542 g/mol. The summed E-state index contributed by atoms with van der Waals surface area (Å²) in [6.07, 6.45) is 7.49. The number of ether oxygens (including phenoxy) is 3. The summed E-state index contributed by atoms with van der Waals surface area (Å²) in [6.45, 7) is 11.9. The van der Waals surface area contributed by atoms with E-state index in [1.807, 2.05) is 33.1 Å². The smallest absolute Gasteiger partial charge is 0.165 e. The fraction of sp³-hybridized carbons (Fsp3) is 0.636. The Kier molecular flexibility index (Phi) is 11.4. The maximum absolute atomic E-state index is 6.59. The number of nitrogens with zero attached hydrogens (tertiary/aromatic N) is 1. The fourth-order valence-corrected chi connectivity index (χ4v) is 6.62. The third kappa shape index (κ3) is 6.37. The Hall–Kier alpha value is -1.69. The van der Waals surface area contributed by atoms with Gasteiger partial charge in [-0.15, -0.1) is 0 Å². The number of piperidine rings is 1. The molecule has 2 aromatic carbocycles. The van der Waals surface area contributed by atoms with E-state index in [9.17, 15) is 0 Å². The minimum absolute atomic E-state index is 0.0544. The average Bonchev–Trinajstić information content (AvgIpc) is 3.66. The molecule has 212 valence electrons. The van der Waals surface area contributed by atoms with Gasteiger partial charge in [-0.25, -0.2) is 0 Å². The van der Waals surface area contributed by atoms with E-state index in [0.29, 0.717) is 12.0 Å². The molecule has 0 radical (unpaired) electrons. The molecule has 5 heteroatoms. The molecule has 4 nitrogen and oxygen atoms in total. The molecule has 0 amide bonds. The Labute approximate surface area is 237 Å². The maximum Gasteiger partial charge on any atom is 0.165 e. The van der Waals surface area contributed by atoms with Crippen molar-refractivity contribution in [2.45, 2.75) is 102 Å². The number of methoxy groups -OCH3 is 2. The van der Waals surface area contributed by atoms with Crippen LogP contribution < -0.4 is 9.47 Å². The van der Waals surface area contributed by atoms with Crippen molar-refractivity contribution in [3.05, 3.63) is 59.2 Å². The van der Waals surface area contributed by atoms with Crippen LogP contribution in [0.2, 0.25) is 0 Å². The van der Waals surface area contributed by atoms with Crippen molar-refractivity contribution in [3.63, 3.8) is 0 Å². The summed E-state index contributed by atoms with van der Waals surface area (Å²) in [5.41, 5.74) is 4.18. The van der Waals surface area contributed by atoms with E-state index < -0.39 is 0 Å². The molecule has 5 atom stereocenters. The molecule has 1 spiro atoms. The molecule has 3 fully saturated rings. The van der Waals surface area contributed by atoms with Crippen LogP contribution in [0.4, 0.5) is 0 Å². The van der Waals surface area contributed by atoms with Crippen LogP contribution in [0.3, 0.4) is 0 Å². The van der Waals surface area contributed by atoms with Gasteiger partial charge in [-0.3, -0.25) is 0 Å². The summed E-state index contributed by atoms with van der Waals surface area (Å²) in [5, 5.41) is 0.778. The Morgan fingerprint density at radius 3 is 2.21 bits per heavy atom. The molecule has 1 saturated heterocycles. The highest BCUT2D eigenvalue weighted by atomic mass is 32.1. The molecular formula is C33H51NO3S. The fourth-order valence-electron chi connectivity index (χ4n) is 6.48. The number of hydrogen-bond donors (Lipinski definition) is 1. The summed E-state index contributed by atoms with van der Waals surface area (Å²) >= 11 is 4.08. The minimum Gasteiger partial charge on any atom is -0.493 e. The maximum atomic E-state index is 6.59. The highest BCUT2D eigenvalue weighted by molar-refractivity contribution is 7.81. The molecule has 0 bridgehead atoms. The van der Waals surface area contributed by atoms with Gasteiger partial charge in [0.05, 0.1) is 13.2 Å². The number of aryl methyl sites for hydroxylation is 2. The van der Waals surface area contributed by atoms with Crippen LogP contribution in [0.25, 0.3) is 0 Å². The summed E-state index contributed by atoms with van der Waals surface area (Å²) in [7, 11) is 5.81. The van der Waals surface area contributed by atoms with Crippen molar-refractivity contribution in [2.75, 3.05) is 27.8 Å². The number of benzene rings is 2. The molecule has 2 saturated carbocycles. The van der Waals surface area contributed by atoms with Crippen LogP contribution in [-0.2, 0) is 16.6 Å². The van der Waals surface area contributed by atoms with Crippen LogP contribution in [0, 0.1) is 12.8 Å². The van der Waals surface area contributed by atoms with Crippen molar-refractivity contribution < 1.29 is 14.2 Å². The number of thiol groups is 1. The van der Waals surface area contributed by atoms with E-state index in [2.05, 4.69) is 75.7 Å². The normalized spacial score (nSPS) is 28.9. The zero-order valence-corrected chi connectivity index (χ0v) is 25.9. The standard InChI is InChI=1S/C20H29NO3.C8H10.C3H6S.C2H6/c1-12-6-8-15(22-4)18-17(12)20-10-11-21(3)13(2)14(20)7-9-16(23-5)19(20)24-18;1-2-8-6-4-3-5-7-8;4-3-1-2-3;1-2/h6,8,13-14,16,19H,7,9-11H2,1-5H3;3-7H,2H2,1H3;3-4H,1-2H2;1-2H3/t13?,14?,16?,19-,20?;;;/m0.../s1. The summed E-state index contributed by atoms with van der Waals surface area (Å²) < 4.78 is 18.1. The molecule has 4 unspecified atom stereocenters. The number of hydrogen-bond acceptors (Lipinski definition) is 5. The SMILES string of the molecule is CC.CCc1ccccc1.COc1ccc(C)c2c1O[C@H]1C(OC)CCC3C(C)N(C)CCC231.SC1CC1. The van der Waals surface area contributed by atoms with E-state index >= 15 is 0 Å². The molecule has 2 heterocycles. The lowest BCUT2D eigenvalue weighted by atomic mass is 9.55. The van der Waals surface area contributed by atoms with Gasteiger partial charge in [-0.2, -0.15) is 12.6 Å². The van der Waals surface area contributed by atoms with Crippen LogP contribution in [0.15, 0.2) is 42.5 Å². The van der Waals surface area contributed by atoms with Gasteiger partial charge in [0.25, 0.3) is 0 Å². The Morgan fingerprint density at radius 2 is 1.68 bits per heavy atom. The Balaban J connectivity index is 0.000000234. The zero-order chi connectivity index (χ0) is 27.9. The van der Waals surface area contributed by atoms with Gasteiger partial charge in [0.15, 0.2) is 11.5 Å². The van der Waals surface area contributed by atoms with Crippen LogP contribution in [-0.4, -0.2) is 56.2 Å². The van der Waals surface area contributed by atoms with Gasteiger partial charge in [-0.1, -0.05) is 57.2 Å². The monoisotopic (exact) mass is 541 g/mol. The first-order valence-corrected chi connectivity index (χ1v) is 15.2. The lowest BCUT2D eigenvalue weighted by Gasteiger charge is -2.55. The van der Waals surface area contributed by atoms with E-state index in [-0.39, 0.29) is 17.6 Å². The Morgan fingerprint density at radius 1 is 1.03 bits per heavy atom. The quantitative estimate of drug-likeness (QED) is 0.408. The van der Waals surface area contributed by atoms with Gasteiger partial charge in [0.2, 0.25) is 0 Å². The largest absolute Gasteiger partial charge is 0.493 e. The number of fused-ring (bicyclic) bond motifs is 1. The van der Waals surface area contributed by atoms with E-state index in [1.54, 1.807) is 7.11 Å². The zero-order valence-electron chi connectivity index (χ0n) is 25.0. The van der Waals surface area contributed by atoms with Crippen LogP contribution >= 0.6 is 12.6 Å². The van der Waals surface area contributed by atoms with Gasteiger partial charge < -0.3 is 19.1 Å². The van der Waals surface area contributed by atoms with Gasteiger partial charge in [0, 0.05) is 29.4 Å². The molecule has 2 aromatic rings. The van der Waals surface area contributed by atoms with Crippen molar-refractivity contribution >= 4 is 12.6 Å². The van der Waals surface area contributed by atoms with E-state index in [1.165, 1.54) is 36.0 Å². The number of rotatable bonds is 3. The summed E-state index contributed by atoms with van der Waals surface area (Å²) in [4.78, 5) is 2.51. The topological polar surface area (TPSA) is 30.9 Å². The number of likely N-dealkylation sites (tertiary alicyclic amines) is 1. The molecule has 0 N–H and O–H groups in total. The molecule has 38 heavy (non-hydrogen) atoms. The third-order valence-electron chi connectivity index (χ3n) is 8.79. The predicted molar refractivity (Wildman–Crippen MR) is 163 cm³/mol. The minimum atomic E-state index is 0.0544. The van der Waals surface area contributed by atoms with E-state index in [4.69, 9.17) is 14.2 Å². The summed E-state index contributed by atoms with van der Waals surface area (Å²) in [5.74, 6) is 2.42. The first-order chi connectivity index (χ1) is 18.4. The van der Waals surface area contributed by atoms with E-state index in [0.717, 1.165) is 42.6 Å².